The van der Waals surface area contributed by atoms with Crippen molar-refractivity contribution in [2.24, 2.45) is 0 Å². The van der Waals surface area contributed by atoms with E-state index in [1.165, 1.54) is 0 Å². The van der Waals surface area contributed by atoms with Gasteiger partial charge in [-0.05, 0) is 17.0 Å². The summed E-state index contributed by atoms with van der Waals surface area (Å²) in [5, 5.41) is 3.78. The van der Waals surface area contributed by atoms with Gasteiger partial charge in [-0.1, -0.05) is 93.6 Å². The van der Waals surface area contributed by atoms with Gasteiger partial charge in [-0.3, -0.25) is 0 Å². The van der Waals surface area contributed by atoms with Crippen LogP contribution in [0.4, 0.5) is 0 Å². The van der Waals surface area contributed by atoms with E-state index in [-0.39, 0.29) is 33.4 Å². The molecule has 0 N–H and O–H groups in total. The van der Waals surface area contributed by atoms with Crippen LogP contribution in [-0.4, -0.2) is 23.3 Å². The third kappa shape index (κ3) is 8.77. The summed E-state index contributed by atoms with van der Waals surface area (Å²) in [4.78, 5) is 4.86. The molecule has 0 fully saturated rings. The van der Waals surface area contributed by atoms with Crippen molar-refractivity contribution in [1.82, 2.24) is 23.3 Å². The summed E-state index contributed by atoms with van der Waals surface area (Å²) in [5.41, 5.74) is 10.5. The molecule has 15 rings (SSSR count). The van der Waals surface area contributed by atoms with Gasteiger partial charge in [-0.15, -0.1) is 0 Å². The monoisotopic (exact) mass is 1260 g/mol. The van der Waals surface area contributed by atoms with Gasteiger partial charge in [0.2, 0.25) is 0 Å². The molecular weight excluding hydrogens is 1190 g/mol. The van der Waals surface area contributed by atoms with E-state index < -0.39 is 60.4 Å². The van der Waals surface area contributed by atoms with Gasteiger partial charge < -0.3 is 0 Å². The van der Waals surface area contributed by atoms with Crippen molar-refractivity contribution in [2.45, 2.75) is 26.2 Å². The van der Waals surface area contributed by atoms with E-state index in [0.29, 0.717) is 37.7 Å². The number of aromatic nitrogens is 5. The predicted octanol–water partition coefficient (Wildman–Crippen LogP) is 19.4. The second-order valence-electron chi connectivity index (χ2n) is 21.4. The number of pyridine rings is 1. The fraction of sp³-hybridized carbons (Fsp3) is 0.0526. The molecule has 0 amide bonds. The number of ether oxygens (including phenoxy) is 1. The Hall–Kier alpha value is -9.87. The first kappa shape index (κ1) is 40.3. The fourth-order valence-corrected chi connectivity index (χ4v) is 12.6. The van der Waals surface area contributed by atoms with Crippen LogP contribution in [-0.2, 0) is 24.8 Å². The first-order valence-corrected chi connectivity index (χ1v) is 28.3. The first-order chi connectivity index (χ1) is 44.9. The molecule has 7 heteroatoms. The van der Waals surface area contributed by atoms with Gasteiger partial charge in [0.1, 0.15) is 0 Å². The molecule has 0 spiro atoms. The second-order valence-corrected chi connectivity index (χ2v) is 22.4. The van der Waals surface area contributed by atoms with Crippen LogP contribution in [0.5, 0.6) is 11.5 Å². The molecule has 0 radical (unpaired) electrons. The van der Waals surface area contributed by atoms with Crippen LogP contribution in [0.25, 0.3) is 122 Å². The van der Waals surface area contributed by atoms with Crippen molar-refractivity contribution in [3.05, 3.63) is 288 Å². The van der Waals surface area contributed by atoms with Crippen molar-refractivity contribution < 1.29 is 37.8 Å². The minimum atomic E-state index is -0.595. The minimum absolute atomic E-state index is 0.124. The topological polar surface area (TPSA) is 41.8 Å². The van der Waals surface area contributed by atoms with Crippen molar-refractivity contribution in [2.75, 3.05) is 0 Å². The average Bonchev–Trinajstić information content (AvgIpc) is 1.68. The number of para-hydroxylation sites is 3. The van der Waals surface area contributed by atoms with Crippen LogP contribution in [0.2, 0.25) is 0 Å². The third-order valence-corrected chi connectivity index (χ3v) is 16.4. The Morgan fingerprint density at radius 2 is 0.988 bits per heavy atom. The number of fused-ring (bicyclic) bond motifs is 7. The molecule has 400 valence electrons. The normalized spacial score (nSPS) is 13.6. The number of hydrogen-bond donors (Lipinski definition) is 0. The SMILES string of the molecule is [2H]c1c([2H])c([2H])c(-c2cc(-n3c4ccc(-c5ccccc5)cc4c4cc(-c5ccccc5)ccc43)cc(-c3c([2H])c([2H])c([2H])c([2H])c3[2H])c2-n2[c](=[Pt])n(-c3[c-]c(Oc4[c-]c5c(cc4)c4ccccc4n5-c4cc(C(C)(C)C)ccn4)ccc3)c3ccccc32)c([2H])c1[2H]. The molecule has 15 aromatic rings. The van der Waals surface area contributed by atoms with Crippen molar-refractivity contribution in [3.63, 3.8) is 0 Å². The fourth-order valence-electron chi connectivity index (χ4n) is 11.5. The molecule has 0 unspecified atom stereocenters. The van der Waals surface area contributed by atoms with Gasteiger partial charge in [0.25, 0.3) is 0 Å². The molecule has 0 aliphatic rings. The van der Waals surface area contributed by atoms with Gasteiger partial charge in [-0.2, -0.15) is 0 Å². The summed E-state index contributed by atoms with van der Waals surface area (Å²) in [6.45, 7) is 6.53. The summed E-state index contributed by atoms with van der Waals surface area (Å²) < 4.78 is 109. The Labute approximate surface area is 506 Å². The molecule has 0 aliphatic heterocycles. The van der Waals surface area contributed by atoms with Gasteiger partial charge in [0.05, 0.1) is 0 Å². The zero-order valence-electron chi connectivity index (χ0n) is 55.1. The number of hydrogen-bond acceptors (Lipinski definition) is 2. The Bertz CT molecular complexity index is 5450. The molecule has 0 saturated carbocycles. The molecule has 0 saturated heterocycles. The van der Waals surface area contributed by atoms with Crippen LogP contribution in [0.15, 0.2) is 267 Å². The van der Waals surface area contributed by atoms with Gasteiger partial charge in [0.15, 0.2) is 0 Å². The summed E-state index contributed by atoms with van der Waals surface area (Å²) in [6, 6.07) is 67.1. The maximum absolute atomic E-state index is 9.76. The zero-order chi connectivity index (χ0) is 64.5. The van der Waals surface area contributed by atoms with E-state index in [4.69, 9.17) is 12.5 Å². The molecular formula is C76H53N5OPt-2. The molecule has 0 atom stereocenters. The van der Waals surface area contributed by atoms with Crippen molar-refractivity contribution in [3.8, 4) is 78.9 Å². The van der Waals surface area contributed by atoms with Crippen LogP contribution < -0.4 is 4.74 Å². The zero-order valence-corrected chi connectivity index (χ0v) is 47.4. The third-order valence-electron chi connectivity index (χ3n) is 15.4. The van der Waals surface area contributed by atoms with E-state index in [1.54, 1.807) is 12.1 Å². The molecule has 4 heterocycles. The van der Waals surface area contributed by atoms with Gasteiger partial charge >= 0.3 is 392 Å². The van der Waals surface area contributed by atoms with Crippen molar-refractivity contribution >= 4 is 54.6 Å². The predicted molar refractivity (Wildman–Crippen MR) is 337 cm³/mol. The number of benzene rings is 11. The van der Waals surface area contributed by atoms with E-state index in [9.17, 15) is 11.0 Å². The van der Waals surface area contributed by atoms with Gasteiger partial charge in [-0.25, -0.2) is 0 Å². The van der Waals surface area contributed by atoms with Crippen LogP contribution >= 0.6 is 0 Å². The maximum atomic E-state index is 9.76. The Morgan fingerprint density at radius 3 is 1.60 bits per heavy atom. The summed E-state index contributed by atoms with van der Waals surface area (Å²) in [5.74, 6) is 1.54. The second kappa shape index (κ2) is 20.3. The number of imidazole rings is 1. The van der Waals surface area contributed by atoms with E-state index in [1.807, 2.05) is 153 Å². The van der Waals surface area contributed by atoms with Crippen LogP contribution in [0.3, 0.4) is 0 Å². The van der Waals surface area contributed by atoms with Crippen molar-refractivity contribution in [1.29, 1.82) is 0 Å². The Morgan fingerprint density at radius 1 is 0.434 bits per heavy atom. The number of rotatable bonds is 10. The molecule has 6 nitrogen and oxygen atoms in total. The summed E-state index contributed by atoms with van der Waals surface area (Å²) in [7, 11) is 0. The Balaban J connectivity index is 0.988. The van der Waals surface area contributed by atoms with E-state index in [0.717, 1.165) is 77.2 Å². The molecule has 11 aromatic carbocycles. The molecule has 4 aromatic heterocycles. The standard InChI is InChI=1S/C76H53N5O.Pt/c1-76(2,3)57-41-42-77-74(45-57)81-68-32-17-16-31-62(68)63-38-37-61(49-73(63)81)82-60-30-20-29-58(46-60)78-50-79(72-34-19-18-33-71(72)78)75-64(53-25-12-6-13-26-53)47-59(48-65(75)54-27-14-7-15-28-54)80-69-39-35-55(51-21-8-4-9-22-51)43-66(69)67-44-56(36-40-70(67)80)52-23-10-5-11-24-52;/h4-45,47-48H,1-3H3;/q-2;/i6D,7D,12D,13D,14D,15D,25D,26D,27D,28D;. The summed E-state index contributed by atoms with van der Waals surface area (Å²) in [6.07, 6.45) is 1.84. The van der Waals surface area contributed by atoms with E-state index >= 15 is 0 Å². The quantitative estimate of drug-likeness (QED) is 0.128. The Kier molecular flexibility index (Phi) is 9.86. The average molecular weight is 1260 g/mol. The van der Waals surface area contributed by atoms with Crippen LogP contribution in [0, 0.1) is 15.9 Å². The van der Waals surface area contributed by atoms with E-state index in [2.05, 4.69) is 111 Å². The first-order valence-electron chi connectivity index (χ1n) is 32.2. The molecule has 0 bridgehead atoms. The number of nitrogens with zero attached hydrogens (tertiary/aromatic N) is 5. The van der Waals surface area contributed by atoms with Crippen LogP contribution in [0.1, 0.15) is 40.0 Å². The molecule has 83 heavy (non-hydrogen) atoms. The van der Waals surface area contributed by atoms with Gasteiger partial charge in [0, 0.05) is 6.20 Å². The summed E-state index contributed by atoms with van der Waals surface area (Å²) >= 11 is 2.19. The molecule has 0 aliphatic carbocycles.